The van der Waals surface area contributed by atoms with Gasteiger partial charge in [0.15, 0.2) is 11.5 Å². The molecule has 0 saturated carbocycles. The molecule has 0 spiro atoms. The Morgan fingerprint density at radius 1 is 1.14 bits per heavy atom. The molecule has 3 amide bonds. The molecule has 0 saturated heterocycles. The second-order valence-corrected chi connectivity index (χ2v) is 11.2. The minimum Gasteiger partial charge on any atom is -0.480 e. The van der Waals surface area contributed by atoms with Crippen LogP contribution in [0, 0.1) is 12.3 Å². The van der Waals surface area contributed by atoms with Gasteiger partial charge in [0.1, 0.15) is 23.9 Å². The largest absolute Gasteiger partial charge is 0.480 e. The average Bonchev–Trinajstić information content (AvgIpc) is 3.56. The Morgan fingerprint density at radius 3 is 2.48 bits per heavy atom. The van der Waals surface area contributed by atoms with Crippen molar-refractivity contribution in [2.45, 2.75) is 70.2 Å². The quantitative estimate of drug-likeness (QED) is 0.0585. The first kappa shape index (κ1) is 34.4. The summed E-state index contributed by atoms with van der Waals surface area (Å²) in [6.07, 6.45) is 1.61. The molecule has 10 N–H and O–H groups in total. The standard InChI is InChI=1S/C29H40ClN7O7/c1-15-18-6-5-7-19(30)25(18)44-22(15)13-21(28(42)43)35-23(39)8-3-4-10-34-26(40)20(36-27(41)24(31)16(2)38)12-17-9-11-37(14-17)29(32)33/h5-7,9,16,20-21,24,38H,3-4,8,10-14,31H2,1-2H3,(H3,32,33)(H,34,40)(H,35,39)(H,36,41)(H,42,43). The molecule has 3 rings (SSSR count). The van der Waals surface area contributed by atoms with E-state index in [1.165, 1.54) is 6.92 Å². The number of guanidine groups is 1. The maximum absolute atomic E-state index is 13.0. The molecule has 2 aromatic rings. The zero-order valence-corrected chi connectivity index (χ0v) is 25.4. The number of amides is 3. The highest BCUT2D eigenvalue weighted by atomic mass is 35.5. The number of halogens is 1. The fourth-order valence-electron chi connectivity index (χ4n) is 4.75. The number of furan rings is 1. The van der Waals surface area contributed by atoms with Crippen LogP contribution < -0.4 is 27.4 Å². The number of hydrogen-bond donors (Lipinski definition) is 8. The first-order valence-electron chi connectivity index (χ1n) is 14.3. The lowest BCUT2D eigenvalue weighted by Crippen LogP contribution is -2.54. The molecule has 0 fully saturated rings. The lowest BCUT2D eigenvalue weighted by atomic mass is 10.0. The van der Waals surface area contributed by atoms with Crippen LogP contribution in [0.1, 0.15) is 43.9 Å². The number of carboxylic acids is 1. The van der Waals surface area contributed by atoms with Crippen molar-refractivity contribution in [3.8, 4) is 0 Å². The van der Waals surface area contributed by atoms with E-state index in [0.717, 1.165) is 16.5 Å². The number of nitrogens with zero attached hydrogens (tertiary/aromatic N) is 1. The molecule has 1 aromatic heterocycles. The topological polar surface area (TPSA) is 237 Å². The molecule has 240 valence electrons. The molecule has 15 heteroatoms. The maximum Gasteiger partial charge on any atom is 0.326 e. The highest BCUT2D eigenvalue weighted by molar-refractivity contribution is 6.34. The van der Waals surface area contributed by atoms with Gasteiger partial charge >= 0.3 is 5.97 Å². The normalized spacial score (nSPS) is 15.7. The van der Waals surface area contributed by atoms with Gasteiger partial charge in [-0.2, -0.15) is 0 Å². The number of aliphatic carboxylic acids is 1. The van der Waals surface area contributed by atoms with Gasteiger partial charge in [-0.25, -0.2) is 4.79 Å². The number of nitrogens with two attached hydrogens (primary N) is 2. The van der Waals surface area contributed by atoms with E-state index in [1.807, 2.05) is 12.1 Å². The molecular weight excluding hydrogens is 594 g/mol. The maximum atomic E-state index is 13.0. The number of fused-ring (bicyclic) bond motifs is 1. The van der Waals surface area contributed by atoms with Gasteiger partial charge in [0.2, 0.25) is 17.7 Å². The predicted octanol–water partition coefficient (Wildman–Crippen LogP) is 0.511. The molecule has 1 aliphatic heterocycles. The molecule has 14 nitrogen and oxygen atoms in total. The van der Waals surface area contributed by atoms with E-state index in [2.05, 4.69) is 16.0 Å². The third-order valence-corrected chi connectivity index (χ3v) is 7.72. The summed E-state index contributed by atoms with van der Waals surface area (Å²) < 4.78 is 5.80. The van der Waals surface area contributed by atoms with Crippen molar-refractivity contribution in [2.75, 3.05) is 19.6 Å². The van der Waals surface area contributed by atoms with E-state index < -0.39 is 47.9 Å². The molecule has 4 unspecified atom stereocenters. The van der Waals surface area contributed by atoms with Gasteiger partial charge in [-0.1, -0.05) is 35.4 Å². The number of benzene rings is 1. The van der Waals surface area contributed by atoms with Gasteiger partial charge < -0.3 is 46.9 Å². The second-order valence-electron chi connectivity index (χ2n) is 10.8. The Labute approximate surface area is 259 Å². The number of carbonyl (C=O) groups excluding carboxylic acids is 3. The van der Waals surface area contributed by atoms with E-state index in [0.29, 0.717) is 42.3 Å². The van der Waals surface area contributed by atoms with Crippen molar-refractivity contribution in [2.24, 2.45) is 11.5 Å². The zero-order valence-electron chi connectivity index (χ0n) is 24.7. The van der Waals surface area contributed by atoms with Crippen molar-refractivity contribution in [3.63, 3.8) is 0 Å². The van der Waals surface area contributed by atoms with Crippen molar-refractivity contribution < 1.29 is 33.8 Å². The smallest absolute Gasteiger partial charge is 0.326 e. The van der Waals surface area contributed by atoms with Gasteiger partial charge in [0.05, 0.1) is 11.1 Å². The molecule has 0 radical (unpaired) electrons. The van der Waals surface area contributed by atoms with Crippen LogP contribution in [0.4, 0.5) is 0 Å². The fourth-order valence-corrected chi connectivity index (χ4v) is 4.97. The predicted molar refractivity (Wildman–Crippen MR) is 164 cm³/mol. The lowest BCUT2D eigenvalue weighted by Gasteiger charge is -2.23. The van der Waals surface area contributed by atoms with Crippen molar-refractivity contribution in [1.29, 1.82) is 5.41 Å². The van der Waals surface area contributed by atoms with Gasteiger partial charge in [0.25, 0.3) is 0 Å². The van der Waals surface area contributed by atoms with Crippen molar-refractivity contribution in [1.82, 2.24) is 20.9 Å². The van der Waals surface area contributed by atoms with Crippen LogP contribution in [0.15, 0.2) is 34.3 Å². The van der Waals surface area contributed by atoms with Crippen LogP contribution in [0.3, 0.4) is 0 Å². The molecule has 2 heterocycles. The fraction of sp³-hybridized carbons (Fsp3) is 0.483. The Balaban J connectivity index is 1.49. The van der Waals surface area contributed by atoms with Crippen LogP contribution in [0.25, 0.3) is 11.0 Å². The monoisotopic (exact) mass is 633 g/mol. The first-order valence-corrected chi connectivity index (χ1v) is 14.6. The van der Waals surface area contributed by atoms with Crippen LogP contribution >= 0.6 is 11.6 Å². The number of carbonyl (C=O) groups is 4. The minimum absolute atomic E-state index is 0.0295. The van der Waals surface area contributed by atoms with Gasteiger partial charge in [0, 0.05) is 37.9 Å². The third-order valence-electron chi connectivity index (χ3n) is 7.42. The van der Waals surface area contributed by atoms with Crippen molar-refractivity contribution in [3.05, 3.63) is 46.2 Å². The molecule has 1 aromatic carbocycles. The number of nitrogens with one attached hydrogen (secondary N) is 4. The number of rotatable bonds is 15. The molecule has 0 aliphatic carbocycles. The Kier molecular flexibility index (Phi) is 12.1. The highest BCUT2D eigenvalue weighted by Gasteiger charge is 2.28. The summed E-state index contributed by atoms with van der Waals surface area (Å²) in [7, 11) is 0. The molecule has 4 atom stereocenters. The van der Waals surface area contributed by atoms with E-state index in [9.17, 15) is 29.4 Å². The molecule has 44 heavy (non-hydrogen) atoms. The number of unbranched alkanes of at least 4 members (excludes halogenated alkanes) is 1. The summed E-state index contributed by atoms with van der Waals surface area (Å²) in [6, 6.07) is 1.86. The Morgan fingerprint density at radius 2 is 1.86 bits per heavy atom. The number of hydrogen-bond acceptors (Lipinski definition) is 8. The SMILES string of the molecule is Cc1c(CC(NC(=O)CCCCNC(=O)C(CC2=CCN(C(=N)N)C2)NC(=O)C(N)C(C)O)C(=O)O)oc2c(Cl)cccc12. The van der Waals surface area contributed by atoms with Gasteiger partial charge in [-0.05, 0) is 44.7 Å². The summed E-state index contributed by atoms with van der Waals surface area (Å²) in [5, 5.41) is 36.0. The minimum atomic E-state index is -1.22. The van der Waals surface area contributed by atoms with Crippen LogP contribution in [0.5, 0.6) is 0 Å². The average molecular weight is 634 g/mol. The Hall–Kier alpha value is -4.14. The number of aliphatic hydroxyl groups excluding tert-OH is 1. The first-order chi connectivity index (χ1) is 20.8. The summed E-state index contributed by atoms with van der Waals surface area (Å²) in [6.45, 7) is 4.12. The molecule has 1 aliphatic rings. The number of carboxylic acid groups (broad SMARTS) is 1. The molecule has 0 bridgehead atoms. The van der Waals surface area contributed by atoms with Crippen LogP contribution in [-0.4, -0.2) is 88.6 Å². The number of aliphatic hydroxyl groups is 1. The summed E-state index contributed by atoms with van der Waals surface area (Å²) in [4.78, 5) is 51.5. The van der Waals surface area contributed by atoms with Gasteiger partial charge in [-0.15, -0.1) is 0 Å². The van der Waals surface area contributed by atoms with E-state index in [1.54, 1.807) is 24.0 Å². The van der Waals surface area contributed by atoms with E-state index in [-0.39, 0.29) is 31.8 Å². The van der Waals surface area contributed by atoms with Crippen LogP contribution in [0.2, 0.25) is 5.02 Å². The molecular formula is C29H40ClN7O7. The van der Waals surface area contributed by atoms with E-state index in [4.69, 9.17) is 32.9 Å². The zero-order chi connectivity index (χ0) is 32.6. The van der Waals surface area contributed by atoms with Crippen LogP contribution in [-0.2, 0) is 25.6 Å². The second kappa shape index (κ2) is 15.5. The van der Waals surface area contributed by atoms with Crippen molar-refractivity contribution >= 4 is 52.2 Å². The van der Waals surface area contributed by atoms with Gasteiger partial charge in [-0.3, -0.25) is 19.8 Å². The number of para-hydroxylation sites is 1. The Bertz CT molecular complexity index is 1420. The number of aryl methyl sites for hydroxylation is 1. The summed E-state index contributed by atoms with van der Waals surface area (Å²) in [5.41, 5.74) is 13.3. The third kappa shape index (κ3) is 9.18. The highest BCUT2D eigenvalue weighted by Crippen LogP contribution is 2.31. The lowest BCUT2D eigenvalue weighted by molar-refractivity contribution is -0.141. The summed E-state index contributed by atoms with van der Waals surface area (Å²) >= 11 is 6.19. The van der Waals surface area contributed by atoms with E-state index >= 15 is 0 Å². The summed E-state index contributed by atoms with van der Waals surface area (Å²) in [5.74, 6) is -2.52.